The van der Waals surface area contributed by atoms with Crippen LogP contribution in [0.5, 0.6) is 5.75 Å². The molecule has 0 atom stereocenters. The van der Waals surface area contributed by atoms with Crippen molar-refractivity contribution in [2.75, 3.05) is 6.61 Å². The lowest BCUT2D eigenvalue weighted by atomic mass is 10.1. The summed E-state index contributed by atoms with van der Waals surface area (Å²) in [5.74, 6) is 0.835. The zero-order valence-electron chi connectivity index (χ0n) is 12.1. The zero-order chi connectivity index (χ0) is 14.7. The Balaban J connectivity index is 1.80. The van der Waals surface area contributed by atoms with Crippen molar-refractivity contribution in [1.29, 1.82) is 0 Å². The van der Waals surface area contributed by atoms with Gasteiger partial charge in [0.25, 0.3) is 5.56 Å². The number of hydrogen-bond donors (Lipinski definition) is 2. The lowest BCUT2D eigenvalue weighted by Gasteiger charge is -2.06. The topological polar surface area (TPSA) is 67.0 Å². The molecule has 0 amide bonds. The second-order valence-electron chi connectivity index (χ2n) is 5.22. The van der Waals surface area contributed by atoms with Gasteiger partial charge in [-0.2, -0.15) is 5.10 Å². The summed E-state index contributed by atoms with van der Waals surface area (Å²) in [6.07, 6.45) is 2.41. The van der Waals surface area contributed by atoms with Crippen LogP contribution < -0.4 is 15.6 Å². The first kappa shape index (κ1) is 13.8. The quantitative estimate of drug-likeness (QED) is 0.853. The molecule has 2 aromatic rings. The van der Waals surface area contributed by atoms with Crippen LogP contribution in [-0.4, -0.2) is 22.8 Å². The number of hydrogen-bond acceptors (Lipinski definition) is 4. The highest BCUT2D eigenvalue weighted by Gasteiger charge is 2.20. The zero-order valence-corrected chi connectivity index (χ0v) is 12.1. The molecule has 1 aromatic heterocycles. The minimum absolute atomic E-state index is 0.127. The van der Waals surface area contributed by atoms with E-state index in [-0.39, 0.29) is 5.56 Å². The molecule has 0 bridgehead atoms. The van der Waals surface area contributed by atoms with Crippen LogP contribution in [0.15, 0.2) is 35.1 Å². The fourth-order valence-corrected chi connectivity index (χ4v) is 2.16. The van der Waals surface area contributed by atoms with Crippen LogP contribution in [0.4, 0.5) is 0 Å². The Morgan fingerprint density at radius 3 is 2.76 bits per heavy atom. The van der Waals surface area contributed by atoms with Gasteiger partial charge >= 0.3 is 0 Å². The molecule has 1 aromatic carbocycles. The van der Waals surface area contributed by atoms with Crippen LogP contribution in [0.3, 0.4) is 0 Å². The van der Waals surface area contributed by atoms with Crippen molar-refractivity contribution < 1.29 is 4.74 Å². The average molecular weight is 285 g/mol. The van der Waals surface area contributed by atoms with E-state index in [0.29, 0.717) is 19.2 Å². The smallest absolute Gasteiger partial charge is 0.268 e. The van der Waals surface area contributed by atoms with E-state index in [2.05, 4.69) is 15.5 Å². The maximum atomic E-state index is 11.8. The van der Waals surface area contributed by atoms with Crippen LogP contribution in [-0.2, 0) is 6.54 Å². The summed E-state index contributed by atoms with van der Waals surface area (Å²) >= 11 is 0. The van der Waals surface area contributed by atoms with Crippen LogP contribution in [0, 0.1) is 0 Å². The number of H-pyrrole nitrogens is 1. The molecule has 1 aliphatic rings. The van der Waals surface area contributed by atoms with Crippen molar-refractivity contribution in [3.63, 3.8) is 0 Å². The van der Waals surface area contributed by atoms with E-state index in [1.54, 1.807) is 0 Å². The minimum Gasteiger partial charge on any atom is -0.494 e. The Labute approximate surface area is 123 Å². The summed E-state index contributed by atoms with van der Waals surface area (Å²) in [5, 5.41) is 10.0. The van der Waals surface area contributed by atoms with Gasteiger partial charge in [-0.25, -0.2) is 5.10 Å². The van der Waals surface area contributed by atoms with Gasteiger partial charge in [-0.15, -0.1) is 0 Å². The van der Waals surface area contributed by atoms with Gasteiger partial charge in [-0.1, -0.05) is 0 Å². The number of ether oxygens (including phenoxy) is 1. The molecule has 0 spiro atoms. The first-order valence-electron chi connectivity index (χ1n) is 7.31. The summed E-state index contributed by atoms with van der Waals surface area (Å²) in [7, 11) is 0. The number of nitrogens with one attached hydrogen (secondary N) is 2. The molecule has 0 radical (unpaired) electrons. The third-order valence-corrected chi connectivity index (χ3v) is 3.50. The number of aromatic nitrogens is 2. The van der Waals surface area contributed by atoms with Gasteiger partial charge < -0.3 is 10.1 Å². The summed E-state index contributed by atoms with van der Waals surface area (Å²) in [4.78, 5) is 11.8. The molecule has 1 fully saturated rings. The number of nitrogens with zero attached hydrogens (tertiary/aromatic N) is 1. The maximum Gasteiger partial charge on any atom is 0.268 e. The first-order valence-corrected chi connectivity index (χ1v) is 7.31. The molecule has 1 saturated carbocycles. The van der Waals surface area contributed by atoms with E-state index >= 15 is 0 Å². The normalized spacial score (nSPS) is 14.1. The second-order valence-corrected chi connectivity index (χ2v) is 5.22. The van der Waals surface area contributed by atoms with E-state index in [1.165, 1.54) is 12.8 Å². The van der Waals surface area contributed by atoms with E-state index in [1.807, 2.05) is 37.3 Å². The van der Waals surface area contributed by atoms with Gasteiger partial charge in [0.05, 0.1) is 12.3 Å². The Kier molecular flexibility index (Phi) is 4.01. The van der Waals surface area contributed by atoms with Crippen molar-refractivity contribution in [1.82, 2.24) is 15.5 Å². The van der Waals surface area contributed by atoms with Crippen molar-refractivity contribution in [2.45, 2.75) is 32.4 Å². The highest BCUT2D eigenvalue weighted by molar-refractivity contribution is 5.60. The van der Waals surface area contributed by atoms with Gasteiger partial charge in [-0.3, -0.25) is 4.79 Å². The van der Waals surface area contributed by atoms with E-state index < -0.39 is 0 Å². The lowest BCUT2D eigenvalue weighted by Crippen LogP contribution is -2.23. The summed E-state index contributed by atoms with van der Waals surface area (Å²) in [6, 6.07) is 10.1. The van der Waals surface area contributed by atoms with E-state index in [9.17, 15) is 4.79 Å². The third kappa shape index (κ3) is 3.49. The van der Waals surface area contributed by atoms with Crippen LogP contribution in [0.1, 0.15) is 25.3 Å². The molecule has 0 unspecified atom stereocenters. The van der Waals surface area contributed by atoms with E-state index in [4.69, 9.17) is 4.74 Å². The van der Waals surface area contributed by atoms with Gasteiger partial charge in [0.2, 0.25) is 0 Å². The molecule has 2 N–H and O–H groups in total. The molecular weight excluding hydrogens is 266 g/mol. The van der Waals surface area contributed by atoms with Crippen LogP contribution >= 0.6 is 0 Å². The summed E-state index contributed by atoms with van der Waals surface area (Å²) in [6.45, 7) is 3.19. The van der Waals surface area contributed by atoms with Crippen molar-refractivity contribution in [3.05, 3.63) is 46.2 Å². The molecule has 0 aliphatic heterocycles. The van der Waals surface area contributed by atoms with E-state index in [0.717, 1.165) is 22.6 Å². The molecule has 1 aliphatic carbocycles. The summed E-state index contributed by atoms with van der Waals surface area (Å²) < 4.78 is 5.42. The largest absolute Gasteiger partial charge is 0.494 e. The number of rotatable bonds is 6. The van der Waals surface area contributed by atoms with Crippen LogP contribution in [0.2, 0.25) is 0 Å². The average Bonchev–Trinajstić information content (AvgIpc) is 3.32. The molecule has 5 heteroatoms. The fraction of sp³-hybridized carbons (Fsp3) is 0.375. The van der Waals surface area contributed by atoms with Gasteiger partial charge in [-0.05, 0) is 50.1 Å². The Bertz CT molecular complexity index is 660. The summed E-state index contributed by atoms with van der Waals surface area (Å²) in [5.41, 5.74) is 2.33. The van der Waals surface area contributed by atoms with Crippen LogP contribution in [0.25, 0.3) is 11.3 Å². The van der Waals surface area contributed by atoms with Crippen molar-refractivity contribution in [2.24, 2.45) is 0 Å². The second kappa shape index (κ2) is 6.10. The highest BCUT2D eigenvalue weighted by atomic mass is 16.5. The minimum atomic E-state index is -0.127. The standard InChI is InChI=1S/C16H19N3O2/c1-2-21-14-7-3-11(4-8-14)15-9-12(16(20)19-18-15)10-17-13-5-6-13/h3-4,7-9,13,17H,2,5-6,10H2,1H3,(H,19,20). The number of benzene rings is 1. The first-order chi connectivity index (χ1) is 10.3. The maximum absolute atomic E-state index is 11.8. The Hall–Kier alpha value is -2.14. The Morgan fingerprint density at radius 2 is 2.10 bits per heavy atom. The third-order valence-electron chi connectivity index (χ3n) is 3.50. The molecule has 110 valence electrons. The molecule has 1 heterocycles. The highest BCUT2D eigenvalue weighted by Crippen LogP contribution is 2.21. The Morgan fingerprint density at radius 1 is 1.33 bits per heavy atom. The molecule has 21 heavy (non-hydrogen) atoms. The SMILES string of the molecule is CCOc1ccc(-c2cc(CNC3CC3)c(=O)[nH]n2)cc1. The monoisotopic (exact) mass is 285 g/mol. The lowest BCUT2D eigenvalue weighted by molar-refractivity contribution is 0.340. The molecule has 0 saturated heterocycles. The number of aromatic amines is 1. The van der Waals surface area contributed by atoms with Gasteiger partial charge in [0, 0.05) is 23.7 Å². The van der Waals surface area contributed by atoms with Crippen molar-refractivity contribution >= 4 is 0 Å². The predicted molar refractivity (Wildman–Crippen MR) is 81.3 cm³/mol. The fourth-order valence-electron chi connectivity index (χ4n) is 2.16. The van der Waals surface area contributed by atoms with Gasteiger partial charge in [0.15, 0.2) is 0 Å². The van der Waals surface area contributed by atoms with Crippen molar-refractivity contribution in [3.8, 4) is 17.0 Å². The van der Waals surface area contributed by atoms with Gasteiger partial charge in [0.1, 0.15) is 5.75 Å². The molecule has 3 rings (SSSR count). The molecule has 5 nitrogen and oxygen atoms in total. The predicted octanol–water partition coefficient (Wildman–Crippen LogP) is 2.09. The molecular formula is C16H19N3O2.